The second-order valence-electron chi connectivity index (χ2n) is 1.89. The Morgan fingerprint density at radius 3 is 2.83 bits per heavy atom. The molecule has 0 aliphatic heterocycles. The van der Waals surface area contributed by atoms with E-state index in [1.807, 2.05) is 6.92 Å². The fourth-order valence-electron chi connectivity index (χ4n) is 0.513. The van der Waals surface area contributed by atoms with E-state index in [1.165, 1.54) is 23.1 Å². The van der Waals surface area contributed by atoms with E-state index >= 15 is 0 Å². The molecule has 0 atom stereocenters. The van der Waals surface area contributed by atoms with E-state index in [0.29, 0.717) is 0 Å². The number of hydrogen-bond donors (Lipinski definition) is 0. The van der Waals surface area contributed by atoms with Crippen molar-refractivity contribution in [2.45, 2.75) is 11.3 Å². The van der Waals surface area contributed by atoms with Crippen LogP contribution in [0.5, 0.6) is 0 Å². The molecule has 0 saturated carbocycles. The predicted octanol–water partition coefficient (Wildman–Crippen LogP) is 2.72. The SMILES string of the molecule is Cc1nnc(SCC=C(F)F)s1. The molecule has 0 radical (unpaired) electrons. The molecule has 0 aliphatic carbocycles. The van der Waals surface area contributed by atoms with Crippen LogP contribution >= 0.6 is 23.1 Å². The number of nitrogens with zero attached hydrogens (tertiary/aromatic N) is 2. The number of rotatable bonds is 3. The van der Waals surface area contributed by atoms with E-state index in [1.54, 1.807) is 0 Å². The minimum atomic E-state index is -1.65. The molecule has 0 N–H and O–H groups in total. The van der Waals surface area contributed by atoms with E-state index in [9.17, 15) is 8.78 Å². The minimum Gasteiger partial charge on any atom is -0.174 e. The molecule has 1 rings (SSSR count). The molecule has 0 bridgehead atoms. The molecule has 0 spiro atoms. The van der Waals surface area contributed by atoms with Gasteiger partial charge >= 0.3 is 0 Å². The highest BCUT2D eigenvalue weighted by molar-refractivity contribution is 8.01. The van der Waals surface area contributed by atoms with Crippen molar-refractivity contribution in [3.8, 4) is 0 Å². The molecule has 0 amide bonds. The highest BCUT2D eigenvalue weighted by Crippen LogP contribution is 2.22. The van der Waals surface area contributed by atoms with Gasteiger partial charge in [0, 0.05) is 5.75 Å². The summed E-state index contributed by atoms with van der Waals surface area (Å²) in [5.41, 5.74) is 0. The maximum Gasteiger partial charge on any atom is 0.267 e. The van der Waals surface area contributed by atoms with Gasteiger partial charge in [-0.1, -0.05) is 23.1 Å². The van der Waals surface area contributed by atoms with Crippen molar-refractivity contribution in [3.05, 3.63) is 17.2 Å². The fraction of sp³-hybridized carbons (Fsp3) is 0.333. The predicted molar refractivity (Wildman–Crippen MR) is 45.7 cm³/mol. The van der Waals surface area contributed by atoms with Crippen LogP contribution < -0.4 is 0 Å². The second kappa shape index (κ2) is 4.51. The zero-order valence-electron chi connectivity index (χ0n) is 6.25. The second-order valence-corrected chi connectivity index (χ2v) is 4.34. The highest BCUT2D eigenvalue weighted by Gasteiger charge is 1.99. The van der Waals surface area contributed by atoms with Crippen molar-refractivity contribution in [1.29, 1.82) is 0 Å². The Labute approximate surface area is 76.7 Å². The molecule has 6 heteroatoms. The maximum atomic E-state index is 11.6. The first kappa shape index (κ1) is 9.60. The number of thioether (sulfide) groups is 1. The zero-order valence-corrected chi connectivity index (χ0v) is 7.88. The molecule has 0 saturated heterocycles. The van der Waals surface area contributed by atoms with Gasteiger partial charge in [0.25, 0.3) is 6.08 Å². The third kappa shape index (κ3) is 3.27. The van der Waals surface area contributed by atoms with Gasteiger partial charge in [0.1, 0.15) is 5.01 Å². The molecule has 1 heterocycles. The lowest BCUT2D eigenvalue weighted by molar-refractivity contribution is 0.420. The first-order chi connectivity index (χ1) is 5.68. The monoisotopic (exact) mass is 208 g/mol. The van der Waals surface area contributed by atoms with Crippen LogP contribution in [0.2, 0.25) is 0 Å². The number of hydrogen-bond acceptors (Lipinski definition) is 4. The highest BCUT2D eigenvalue weighted by atomic mass is 32.2. The molecule has 0 aliphatic rings. The normalized spacial score (nSPS) is 9.92. The van der Waals surface area contributed by atoms with Crippen molar-refractivity contribution in [3.63, 3.8) is 0 Å². The summed E-state index contributed by atoms with van der Waals surface area (Å²) in [4.78, 5) is 0. The molecule has 1 aromatic rings. The fourth-order valence-corrected chi connectivity index (χ4v) is 2.18. The third-order valence-corrected chi connectivity index (χ3v) is 2.85. The van der Waals surface area contributed by atoms with Gasteiger partial charge in [-0.2, -0.15) is 8.78 Å². The quantitative estimate of drug-likeness (QED) is 0.714. The summed E-state index contributed by atoms with van der Waals surface area (Å²) in [6, 6.07) is 0. The molecule has 0 unspecified atom stereocenters. The van der Waals surface area contributed by atoms with Gasteiger partial charge in [0.15, 0.2) is 4.34 Å². The van der Waals surface area contributed by atoms with E-state index in [4.69, 9.17) is 0 Å². The molecule has 0 fully saturated rings. The molecular weight excluding hydrogens is 202 g/mol. The Bertz CT molecular complexity index is 281. The Hall–Kier alpha value is -0.490. The lowest BCUT2D eigenvalue weighted by Gasteiger charge is -1.86. The lowest BCUT2D eigenvalue weighted by atomic mass is 10.7. The summed E-state index contributed by atoms with van der Waals surface area (Å²) in [7, 11) is 0. The van der Waals surface area contributed by atoms with Crippen LogP contribution in [0.1, 0.15) is 5.01 Å². The van der Waals surface area contributed by atoms with Gasteiger partial charge < -0.3 is 0 Å². The van der Waals surface area contributed by atoms with E-state index < -0.39 is 6.08 Å². The Morgan fingerprint density at radius 2 is 2.33 bits per heavy atom. The van der Waals surface area contributed by atoms with Crippen molar-refractivity contribution in [2.75, 3.05) is 5.75 Å². The lowest BCUT2D eigenvalue weighted by Crippen LogP contribution is -1.73. The Balaban J connectivity index is 2.38. The summed E-state index contributed by atoms with van der Waals surface area (Å²) in [6.45, 7) is 1.83. The maximum absolute atomic E-state index is 11.6. The van der Waals surface area contributed by atoms with E-state index in [2.05, 4.69) is 10.2 Å². The van der Waals surface area contributed by atoms with Crippen LogP contribution in [-0.4, -0.2) is 16.0 Å². The van der Waals surface area contributed by atoms with Crippen LogP contribution in [0.15, 0.2) is 16.5 Å². The van der Waals surface area contributed by atoms with Crippen LogP contribution in [0, 0.1) is 6.92 Å². The van der Waals surface area contributed by atoms with Crippen molar-refractivity contribution >= 4 is 23.1 Å². The minimum absolute atomic E-state index is 0.247. The smallest absolute Gasteiger partial charge is 0.174 e. The summed E-state index contributed by atoms with van der Waals surface area (Å²) in [5, 5.41) is 8.37. The molecule has 12 heavy (non-hydrogen) atoms. The standard InChI is InChI=1S/C6H6F2N2S2/c1-4-9-10-6(12-4)11-3-2-5(7)8/h2H,3H2,1H3. The number of halogens is 2. The summed E-state index contributed by atoms with van der Waals surface area (Å²) in [5.74, 6) is 0.247. The Morgan fingerprint density at radius 1 is 1.58 bits per heavy atom. The molecular formula is C6H6F2N2S2. The number of aryl methyl sites for hydroxylation is 1. The van der Waals surface area contributed by atoms with Crippen LogP contribution in [-0.2, 0) is 0 Å². The number of aromatic nitrogens is 2. The molecule has 0 aromatic carbocycles. The average Bonchev–Trinajstić information content (AvgIpc) is 2.35. The van der Waals surface area contributed by atoms with Crippen molar-refractivity contribution in [2.24, 2.45) is 0 Å². The van der Waals surface area contributed by atoms with Gasteiger partial charge in [-0.05, 0) is 13.0 Å². The van der Waals surface area contributed by atoms with Crippen molar-refractivity contribution in [1.82, 2.24) is 10.2 Å². The summed E-state index contributed by atoms with van der Waals surface area (Å²) in [6.07, 6.45) is -0.787. The summed E-state index contributed by atoms with van der Waals surface area (Å²) < 4.78 is 23.8. The van der Waals surface area contributed by atoms with E-state index in [0.717, 1.165) is 15.4 Å². The van der Waals surface area contributed by atoms with Crippen molar-refractivity contribution < 1.29 is 8.78 Å². The first-order valence-corrected chi connectivity index (χ1v) is 4.93. The van der Waals surface area contributed by atoms with Gasteiger partial charge in [0.05, 0.1) is 0 Å². The van der Waals surface area contributed by atoms with Crippen LogP contribution in [0.25, 0.3) is 0 Å². The van der Waals surface area contributed by atoms with Crippen LogP contribution in [0.3, 0.4) is 0 Å². The van der Waals surface area contributed by atoms with Gasteiger partial charge in [-0.3, -0.25) is 0 Å². The first-order valence-electron chi connectivity index (χ1n) is 3.12. The van der Waals surface area contributed by atoms with E-state index in [-0.39, 0.29) is 5.75 Å². The van der Waals surface area contributed by atoms with Gasteiger partial charge in [0.2, 0.25) is 0 Å². The molecule has 1 aromatic heterocycles. The topological polar surface area (TPSA) is 25.8 Å². The Kier molecular flexibility index (Phi) is 3.61. The zero-order chi connectivity index (χ0) is 8.97. The molecule has 66 valence electrons. The largest absolute Gasteiger partial charge is 0.267 e. The van der Waals surface area contributed by atoms with Gasteiger partial charge in [-0.15, -0.1) is 10.2 Å². The molecule has 2 nitrogen and oxygen atoms in total. The van der Waals surface area contributed by atoms with Gasteiger partial charge in [-0.25, -0.2) is 0 Å². The third-order valence-electron chi connectivity index (χ3n) is 0.952. The summed E-state index contributed by atoms with van der Waals surface area (Å²) >= 11 is 2.66. The average molecular weight is 208 g/mol. The van der Waals surface area contributed by atoms with Crippen LogP contribution in [0.4, 0.5) is 8.78 Å².